The molecule has 236 valence electrons. The second-order valence-corrected chi connectivity index (χ2v) is 13.2. The van der Waals surface area contributed by atoms with Crippen molar-refractivity contribution in [1.82, 2.24) is 10.2 Å². The molecule has 2 amide bonds. The lowest BCUT2D eigenvalue weighted by molar-refractivity contribution is -0.140. The Morgan fingerprint density at radius 3 is 2.23 bits per heavy atom. The van der Waals surface area contributed by atoms with Crippen LogP contribution in [0.1, 0.15) is 55.7 Å². The van der Waals surface area contributed by atoms with Crippen LogP contribution in [0.15, 0.2) is 77.7 Å². The van der Waals surface area contributed by atoms with Crippen LogP contribution >= 0.6 is 11.6 Å². The van der Waals surface area contributed by atoms with Crippen LogP contribution in [0.2, 0.25) is 5.02 Å². The number of nitrogens with zero attached hydrogens (tertiary/aromatic N) is 2. The number of hydrogen-bond acceptors (Lipinski definition) is 4. The maximum absolute atomic E-state index is 14.1. The van der Waals surface area contributed by atoms with Crippen molar-refractivity contribution in [2.24, 2.45) is 0 Å². The molecule has 7 nitrogen and oxygen atoms in total. The van der Waals surface area contributed by atoms with Gasteiger partial charge in [-0.05, 0) is 74.2 Å². The van der Waals surface area contributed by atoms with Crippen molar-refractivity contribution >= 4 is 39.1 Å². The van der Waals surface area contributed by atoms with E-state index in [1.165, 1.54) is 23.1 Å². The highest BCUT2D eigenvalue weighted by molar-refractivity contribution is 7.92. The maximum atomic E-state index is 14.1. The van der Waals surface area contributed by atoms with Gasteiger partial charge in [-0.2, -0.15) is 13.2 Å². The molecule has 1 saturated carbocycles. The third kappa shape index (κ3) is 8.12. The van der Waals surface area contributed by atoms with Gasteiger partial charge < -0.3 is 10.2 Å². The number of halogens is 4. The van der Waals surface area contributed by atoms with Crippen molar-refractivity contribution in [2.45, 2.75) is 75.7 Å². The molecule has 0 heterocycles. The van der Waals surface area contributed by atoms with Crippen LogP contribution in [-0.4, -0.2) is 43.8 Å². The first-order valence-corrected chi connectivity index (χ1v) is 16.2. The number of nitrogens with one attached hydrogen (secondary N) is 1. The number of rotatable bonds is 11. The molecule has 1 N–H and O–H groups in total. The van der Waals surface area contributed by atoms with Gasteiger partial charge in [0.2, 0.25) is 11.8 Å². The normalized spacial score (nSPS) is 14.7. The van der Waals surface area contributed by atoms with Crippen molar-refractivity contribution < 1.29 is 31.2 Å². The lowest BCUT2D eigenvalue weighted by Crippen LogP contribution is -2.53. The van der Waals surface area contributed by atoms with Crippen LogP contribution in [0.3, 0.4) is 0 Å². The molecule has 0 unspecified atom stereocenters. The summed E-state index contributed by atoms with van der Waals surface area (Å²) >= 11 is 6.05. The summed E-state index contributed by atoms with van der Waals surface area (Å²) in [6.45, 7) is 2.63. The first kappa shape index (κ1) is 33.3. The molecule has 3 aromatic rings. The Morgan fingerprint density at radius 2 is 1.64 bits per heavy atom. The van der Waals surface area contributed by atoms with Gasteiger partial charge in [0.1, 0.15) is 12.6 Å². The van der Waals surface area contributed by atoms with Crippen LogP contribution in [0.25, 0.3) is 0 Å². The highest BCUT2D eigenvalue weighted by Gasteiger charge is 2.36. The molecule has 12 heteroatoms. The summed E-state index contributed by atoms with van der Waals surface area (Å²) in [6.07, 6.45) is -0.898. The predicted octanol–water partition coefficient (Wildman–Crippen LogP) is 6.73. The zero-order chi connectivity index (χ0) is 32.1. The van der Waals surface area contributed by atoms with Crippen LogP contribution < -0.4 is 9.62 Å². The molecule has 1 fully saturated rings. The smallest absolute Gasteiger partial charge is 0.352 e. The highest BCUT2D eigenvalue weighted by Crippen LogP contribution is 2.33. The lowest BCUT2D eigenvalue weighted by Gasteiger charge is -2.34. The first-order chi connectivity index (χ1) is 20.8. The Morgan fingerprint density at radius 1 is 1.00 bits per heavy atom. The van der Waals surface area contributed by atoms with Gasteiger partial charge in [-0.1, -0.05) is 67.3 Å². The van der Waals surface area contributed by atoms with E-state index >= 15 is 0 Å². The van der Waals surface area contributed by atoms with E-state index < -0.39 is 40.3 Å². The molecule has 1 aliphatic rings. The molecule has 0 aromatic heterocycles. The molecule has 4 rings (SSSR count). The predicted molar refractivity (Wildman–Crippen MR) is 164 cm³/mol. The van der Waals surface area contributed by atoms with Crippen molar-refractivity contribution in [3.05, 3.63) is 94.5 Å². The number of amides is 2. The standard InChI is InChI=1S/C32H35ClF3N3O4S/c1-3-29(31(41)37-26-8-4-5-9-26)38(20-23-13-15-25(33)16-14-23)30(40)21-39(27-10-6-7-24(19-27)32(34,35)36)44(42,43)28-17-11-22(2)12-18-28/h6-7,10-19,26,29H,3-5,8-9,20-21H2,1-2H3,(H,37,41)/t29-/m1/s1. The van der Waals surface area contributed by atoms with E-state index in [1.807, 2.05) is 0 Å². The Hall–Kier alpha value is -3.57. The van der Waals surface area contributed by atoms with Crippen molar-refractivity contribution in [3.63, 3.8) is 0 Å². The average Bonchev–Trinajstić information content (AvgIpc) is 3.49. The van der Waals surface area contributed by atoms with Gasteiger partial charge in [0, 0.05) is 17.6 Å². The van der Waals surface area contributed by atoms with E-state index in [9.17, 15) is 31.2 Å². The zero-order valence-corrected chi connectivity index (χ0v) is 26.1. The monoisotopic (exact) mass is 649 g/mol. The molecule has 1 aliphatic carbocycles. The Bertz CT molecular complexity index is 1560. The number of sulfonamides is 1. The topological polar surface area (TPSA) is 86.8 Å². The van der Waals surface area contributed by atoms with Gasteiger partial charge in [-0.15, -0.1) is 0 Å². The molecule has 0 radical (unpaired) electrons. The summed E-state index contributed by atoms with van der Waals surface area (Å²) in [4.78, 5) is 28.7. The molecule has 3 aromatic carbocycles. The molecule has 0 bridgehead atoms. The van der Waals surface area contributed by atoms with Crippen molar-refractivity contribution in [3.8, 4) is 0 Å². The number of alkyl halides is 3. The van der Waals surface area contributed by atoms with Gasteiger partial charge in [0.25, 0.3) is 10.0 Å². The number of benzene rings is 3. The van der Waals surface area contributed by atoms with E-state index in [1.54, 1.807) is 50.2 Å². The quantitative estimate of drug-likeness (QED) is 0.250. The first-order valence-electron chi connectivity index (χ1n) is 14.4. The Labute approximate surface area is 261 Å². The number of hydrogen-bond donors (Lipinski definition) is 1. The number of anilines is 1. The van der Waals surface area contributed by atoms with E-state index in [2.05, 4.69) is 5.32 Å². The molecule has 0 spiro atoms. The van der Waals surface area contributed by atoms with Crippen LogP contribution in [0, 0.1) is 6.92 Å². The summed E-state index contributed by atoms with van der Waals surface area (Å²) < 4.78 is 69.6. The van der Waals surface area contributed by atoms with E-state index in [0.717, 1.165) is 43.4 Å². The maximum Gasteiger partial charge on any atom is 0.416 e. The average molecular weight is 650 g/mol. The molecule has 44 heavy (non-hydrogen) atoms. The second-order valence-electron chi connectivity index (χ2n) is 10.9. The SMILES string of the molecule is CC[C@H](C(=O)NC1CCCC1)N(Cc1ccc(Cl)cc1)C(=O)CN(c1cccc(C(F)(F)F)c1)S(=O)(=O)c1ccc(C)cc1. The number of carbonyl (C=O) groups excluding carboxylic acids is 2. The zero-order valence-electron chi connectivity index (χ0n) is 24.5. The lowest BCUT2D eigenvalue weighted by atomic mass is 10.1. The summed E-state index contributed by atoms with van der Waals surface area (Å²) in [6, 6.07) is 15.3. The Kier molecular flexibility index (Phi) is 10.6. The summed E-state index contributed by atoms with van der Waals surface area (Å²) in [5.74, 6) is -1.12. The third-order valence-electron chi connectivity index (χ3n) is 7.70. The van der Waals surface area contributed by atoms with Gasteiger partial charge in [-0.3, -0.25) is 13.9 Å². The summed E-state index contributed by atoms with van der Waals surface area (Å²) in [5.41, 5.74) is 0.0244. The van der Waals surface area contributed by atoms with Crippen LogP contribution in [0.4, 0.5) is 18.9 Å². The minimum absolute atomic E-state index is 0.0208. The fraction of sp³-hybridized carbons (Fsp3) is 0.375. The van der Waals surface area contributed by atoms with Gasteiger partial charge in [-0.25, -0.2) is 8.42 Å². The fourth-order valence-corrected chi connectivity index (χ4v) is 6.81. The number of aryl methyl sites for hydroxylation is 1. The van der Waals surface area contributed by atoms with E-state index in [-0.39, 0.29) is 35.5 Å². The largest absolute Gasteiger partial charge is 0.416 e. The van der Waals surface area contributed by atoms with Crippen molar-refractivity contribution in [2.75, 3.05) is 10.8 Å². The fourth-order valence-electron chi connectivity index (χ4n) is 5.28. The molecule has 0 saturated heterocycles. The van der Waals surface area contributed by atoms with Crippen molar-refractivity contribution in [1.29, 1.82) is 0 Å². The molecular weight excluding hydrogens is 615 g/mol. The van der Waals surface area contributed by atoms with Gasteiger partial charge in [0.05, 0.1) is 16.1 Å². The highest BCUT2D eigenvalue weighted by atomic mass is 35.5. The Balaban J connectivity index is 1.75. The molecule has 1 atom stereocenters. The van der Waals surface area contributed by atoms with Gasteiger partial charge in [0.15, 0.2) is 0 Å². The minimum atomic E-state index is -4.74. The van der Waals surface area contributed by atoms with E-state index in [0.29, 0.717) is 21.0 Å². The number of carbonyl (C=O) groups is 2. The third-order valence-corrected chi connectivity index (χ3v) is 9.74. The minimum Gasteiger partial charge on any atom is -0.352 e. The second kappa shape index (κ2) is 14.0. The molecular formula is C32H35ClF3N3O4S. The van der Waals surface area contributed by atoms with Crippen LogP contribution in [-0.2, 0) is 32.3 Å². The van der Waals surface area contributed by atoms with E-state index in [4.69, 9.17) is 11.6 Å². The van der Waals surface area contributed by atoms with Gasteiger partial charge >= 0.3 is 6.18 Å². The van der Waals surface area contributed by atoms with Crippen LogP contribution in [0.5, 0.6) is 0 Å². The molecule has 0 aliphatic heterocycles. The summed E-state index contributed by atoms with van der Waals surface area (Å²) in [5, 5.41) is 3.49. The summed E-state index contributed by atoms with van der Waals surface area (Å²) in [7, 11) is -4.51.